The van der Waals surface area contributed by atoms with E-state index in [9.17, 15) is 13.2 Å². The molecule has 1 N–H and O–H groups in total. The number of hydrogen-bond donors (Lipinski definition) is 1. The summed E-state index contributed by atoms with van der Waals surface area (Å²) in [6, 6.07) is 6.97. The van der Waals surface area contributed by atoms with Gasteiger partial charge in [-0.3, -0.25) is 9.10 Å². The van der Waals surface area contributed by atoms with Crippen molar-refractivity contribution in [2.75, 3.05) is 17.1 Å². The first-order valence-electron chi connectivity index (χ1n) is 8.53. The van der Waals surface area contributed by atoms with Crippen LogP contribution < -0.4 is 9.62 Å². The second kappa shape index (κ2) is 6.75. The molecule has 3 rings (SSSR count). The third kappa shape index (κ3) is 3.33. The van der Waals surface area contributed by atoms with Gasteiger partial charge in [0, 0.05) is 12.5 Å². The van der Waals surface area contributed by atoms with Crippen LogP contribution in [0, 0.1) is 6.92 Å². The van der Waals surface area contributed by atoms with Crippen LogP contribution in [0.25, 0.3) is 0 Å². The molecule has 1 aromatic heterocycles. The normalized spacial score (nSPS) is 17.3. The number of aryl methyl sites for hydroxylation is 1. The lowest BCUT2D eigenvalue weighted by atomic mass is 9.97. The number of anilines is 1. The lowest BCUT2D eigenvalue weighted by molar-refractivity contribution is 0.0931. The summed E-state index contributed by atoms with van der Waals surface area (Å²) in [6.45, 7) is 5.94. The number of hydrogen-bond acceptors (Lipinski definition) is 5. The highest BCUT2D eigenvalue weighted by atomic mass is 32.2. The van der Waals surface area contributed by atoms with E-state index < -0.39 is 10.0 Å². The summed E-state index contributed by atoms with van der Waals surface area (Å²) in [5, 5.41) is 6.94. The molecule has 1 aromatic carbocycles. The van der Waals surface area contributed by atoms with Gasteiger partial charge in [-0.25, -0.2) is 8.42 Å². The van der Waals surface area contributed by atoms with E-state index in [-0.39, 0.29) is 17.9 Å². The van der Waals surface area contributed by atoms with Crippen LogP contribution in [0.4, 0.5) is 5.69 Å². The Morgan fingerprint density at radius 2 is 2.04 bits per heavy atom. The molecule has 0 spiro atoms. The van der Waals surface area contributed by atoms with Crippen LogP contribution in [-0.4, -0.2) is 32.3 Å². The summed E-state index contributed by atoms with van der Waals surface area (Å²) in [5.74, 6) is 0.346. The minimum absolute atomic E-state index is 0.0383. The molecule has 2 aromatic rings. The minimum Gasteiger partial charge on any atom is -0.360 e. The Balaban J connectivity index is 1.92. The smallest absolute Gasteiger partial charge is 0.257 e. The molecule has 8 heteroatoms. The quantitative estimate of drug-likeness (QED) is 0.884. The number of nitrogens with zero attached hydrogens (tertiary/aromatic N) is 2. The van der Waals surface area contributed by atoms with E-state index in [1.807, 2.05) is 26.0 Å². The van der Waals surface area contributed by atoms with Gasteiger partial charge in [-0.1, -0.05) is 37.2 Å². The Bertz CT molecular complexity index is 934. The summed E-state index contributed by atoms with van der Waals surface area (Å²) >= 11 is 0. The molecule has 1 atom stereocenters. The number of sulfonamides is 1. The second-order valence-electron chi connectivity index (χ2n) is 6.87. The molecule has 0 radical (unpaired) electrons. The van der Waals surface area contributed by atoms with Crippen LogP contribution in [0.15, 0.2) is 28.8 Å². The molecule has 7 nitrogen and oxygen atoms in total. The van der Waals surface area contributed by atoms with E-state index in [0.717, 1.165) is 5.56 Å². The Morgan fingerprint density at radius 1 is 1.35 bits per heavy atom. The SMILES string of the molecule is Cc1noc(C(C)C)c1C(=O)NC1CCN(S(C)(=O)=O)c2ccccc21. The lowest BCUT2D eigenvalue weighted by Crippen LogP contribution is -2.40. The first-order chi connectivity index (χ1) is 12.2. The maximum absolute atomic E-state index is 12.9. The van der Waals surface area contributed by atoms with Crippen LogP contribution in [0.2, 0.25) is 0 Å². The number of benzene rings is 1. The summed E-state index contributed by atoms with van der Waals surface area (Å²) < 4.78 is 30.8. The van der Waals surface area contributed by atoms with E-state index in [2.05, 4.69) is 10.5 Å². The van der Waals surface area contributed by atoms with Crippen LogP contribution in [0.5, 0.6) is 0 Å². The van der Waals surface area contributed by atoms with Crippen LogP contribution in [0.1, 0.15) is 59.6 Å². The number of carbonyl (C=O) groups is 1. The molecule has 2 heterocycles. The molecular weight excluding hydrogens is 354 g/mol. The molecule has 0 fully saturated rings. The number of fused-ring (bicyclic) bond motifs is 1. The zero-order valence-electron chi connectivity index (χ0n) is 15.3. The van der Waals surface area contributed by atoms with E-state index in [1.165, 1.54) is 10.6 Å². The largest absolute Gasteiger partial charge is 0.360 e. The van der Waals surface area contributed by atoms with Crippen LogP contribution in [0.3, 0.4) is 0 Å². The molecule has 0 saturated carbocycles. The standard InChI is InChI=1S/C18H23N3O4S/c1-11(2)17-16(12(3)20-25-17)18(22)19-14-9-10-21(26(4,23)24)15-8-6-5-7-13(14)15/h5-8,11,14H,9-10H2,1-4H3,(H,19,22). The fourth-order valence-electron chi connectivity index (χ4n) is 3.31. The summed E-state index contributed by atoms with van der Waals surface area (Å²) in [5.41, 5.74) is 2.41. The molecular formula is C18H23N3O4S. The van der Waals surface area contributed by atoms with Crippen LogP contribution in [-0.2, 0) is 10.0 Å². The third-order valence-electron chi connectivity index (χ3n) is 4.55. The van der Waals surface area contributed by atoms with Gasteiger partial charge in [0.2, 0.25) is 10.0 Å². The highest BCUT2D eigenvalue weighted by Gasteiger charge is 2.32. The molecule has 1 aliphatic rings. The Kier molecular flexibility index (Phi) is 4.79. The predicted octanol–water partition coefficient (Wildman–Crippen LogP) is 2.75. The van der Waals surface area contributed by atoms with Crippen LogP contribution >= 0.6 is 0 Å². The zero-order chi connectivity index (χ0) is 19.1. The van der Waals surface area contributed by atoms with Gasteiger partial charge < -0.3 is 9.84 Å². The average molecular weight is 377 g/mol. The first kappa shape index (κ1) is 18.4. The highest BCUT2D eigenvalue weighted by Crippen LogP contribution is 2.35. The molecule has 1 amide bonds. The fraction of sp³-hybridized carbons (Fsp3) is 0.444. The Labute approximate surface area is 153 Å². The van der Waals surface area contributed by atoms with Crippen molar-refractivity contribution in [3.8, 4) is 0 Å². The number of rotatable bonds is 4. The lowest BCUT2D eigenvalue weighted by Gasteiger charge is -2.34. The van der Waals surface area contributed by atoms with Gasteiger partial charge in [0.25, 0.3) is 5.91 Å². The van der Waals surface area contributed by atoms with Gasteiger partial charge in [0.1, 0.15) is 5.56 Å². The molecule has 140 valence electrons. The minimum atomic E-state index is -3.36. The number of nitrogens with one attached hydrogen (secondary N) is 1. The predicted molar refractivity (Wildman–Crippen MR) is 98.8 cm³/mol. The average Bonchev–Trinajstić information content (AvgIpc) is 2.96. The molecule has 1 aliphatic heterocycles. The van der Waals surface area contributed by atoms with Gasteiger partial charge in [0.15, 0.2) is 5.76 Å². The summed E-state index contributed by atoms with van der Waals surface area (Å²) in [4.78, 5) is 12.9. The highest BCUT2D eigenvalue weighted by molar-refractivity contribution is 7.92. The van der Waals surface area contributed by atoms with E-state index in [1.54, 1.807) is 19.1 Å². The molecule has 26 heavy (non-hydrogen) atoms. The first-order valence-corrected chi connectivity index (χ1v) is 10.4. The van der Waals surface area contributed by atoms with Crippen molar-refractivity contribution >= 4 is 21.6 Å². The number of amides is 1. The van der Waals surface area contributed by atoms with E-state index >= 15 is 0 Å². The van der Waals surface area contributed by atoms with Gasteiger partial charge in [-0.2, -0.15) is 0 Å². The van der Waals surface area contributed by atoms with Gasteiger partial charge in [-0.15, -0.1) is 0 Å². The number of carbonyl (C=O) groups excluding carboxylic acids is 1. The van der Waals surface area contributed by atoms with E-state index in [4.69, 9.17) is 4.52 Å². The van der Waals surface area contributed by atoms with Crippen molar-refractivity contribution in [2.45, 2.75) is 39.2 Å². The maximum atomic E-state index is 12.9. The third-order valence-corrected chi connectivity index (χ3v) is 5.73. The summed E-state index contributed by atoms with van der Waals surface area (Å²) in [6.07, 6.45) is 1.69. The number of aromatic nitrogens is 1. The Morgan fingerprint density at radius 3 is 2.69 bits per heavy atom. The fourth-order valence-corrected chi connectivity index (χ4v) is 4.27. The molecule has 0 saturated heterocycles. The molecule has 1 unspecified atom stereocenters. The Hall–Kier alpha value is -2.35. The topological polar surface area (TPSA) is 92.5 Å². The molecule has 0 aliphatic carbocycles. The second-order valence-corrected chi connectivity index (χ2v) is 8.78. The van der Waals surface area contributed by atoms with Gasteiger partial charge >= 0.3 is 0 Å². The van der Waals surface area contributed by atoms with Gasteiger partial charge in [0.05, 0.1) is 23.7 Å². The van der Waals surface area contributed by atoms with Crippen molar-refractivity contribution in [1.29, 1.82) is 0 Å². The van der Waals surface area contributed by atoms with E-state index in [0.29, 0.717) is 35.7 Å². The van der Waals surface area contributed by atoms with Crippen molar-refractivity contribution in [3.63, 3.8) is 0 Å². The van der Waals surface area contributed by atoms with Crippen molar-refractivity contribution in [3.05, 3.63) is 46.8 Å². The zero-order valence-corrected chi connectivity index (χ0v) is 16.1. The summed E-state index contributed by atoms with van der Waals surface area (Å²) in [7, 11) is -3.36. The number of para-hydroxylation sites is 1. The maximum Gasteiger partial charge on any atom is 0.257 e. The molecule has 0 bridgehead atoms. The monoisotopic (exact) mass is 377 g/mol. The van der Waals surface area contributed by atoms with Crippen molar-refractivity contribution in [2.24, 2.45) is 0 Å². The van der Waals surface area contributed by atoms with Crippen molar-refractivity contribution in [1.82, 2.24) is 10.5 Å². The van der Waals surface area contributed by atoms with Gasteiger partial charge in [-0.05, 0) is 25.0 Å². The van der Waals surface area contributed by atoms with Crippen molar-refractivity contribution < 1.29 is 17.7 Å².